The second-order valence-corrected chi connectivity index (χ2v) is 6.10. The number of rotatable bonds is 2. The molecule has 5 heteroatoms. The monoisotopic (exact) mass is 319 g/mol. The van der Waals surface area contributed by atoms with Crippen LogP contribution in [-0.4, -0.2) is 18.1 Å². The van der Waals surface area contributed by atoms with Crippen molar-refractivity contribution in [1.82, 2.24) is 4.98 Å². The Bertz CT molecular complexity index is 722. The van der Waals surface area contributed by atoms with Crippen LogP contribution in [0.1, 0.15) is 24.0 Å². The summed E-state index contributed by atoms with van der Waals surface area (Å²) < 4.78 is 0. The van der Waals surface area contributed by atoms with Crippen LogP contribution >= 0.6 is 23.2 Å². The van der Waals surface area contributed by atoms with E-state index in [1.54, 1.807) is 6.07 Å². The minimum absolute atomic E-state index is 0.518. The topological polar surface area (TPSA) is 42.8 Å². The number of hydrogen-bond acceptors (Lipinski definition) is 2. The molecule has 1 aliphatic rings. The molecule has 0 bridgehead atoms. The summed E-state index contributed by atoms with van der Waals surface area (Å²) in [5, 5.41) is 10.5. The van der Waals surface area contributed by atoms with E-state index in [2.05, 4.69) is 16.0 Å². The Labute approximate surface area is 134 Å². The average Bonchev–Trinajstić information content (AvgIpc) is 3.09. The van der Waals surface area contributed by atoms with Crippen LogP contribution in [0.4, 0.5) is 5.82 Å². The smallest absolute Gasteiger partial charge is 0.124 e. The number of hydrogen-bond donors (Lipinski definition) is 1. The molecule has 0 aliphatic carbocycles. The highest BCUT2D eigenvalue weighted by molar-refractivity contribution is 6.42. The zero-order chi connectivity index (χ0) is 15.0. The van der Waals surface area contributed by atoms with E-state index in [0.29, 0.717) is 10.0 Å². The van der Waals surface area contributed by atoms with Gasteiger partial charge in [0.05, 0.1) is 21.3 Å². The minimum atomic E-state index is 0.518. The molecular formula is C16H15Cl2N3. The number of anilines is 1. The van der Waals surface area contributed by atoms with Crippen LogP contribution in [-0.2, 0) is 0 Å². The third-order valence-electron chi connectivity index (χ3n) is 3.97. The molecule has 1 aliphatic heterocycles. The number of nitrogens with one attached hydrogen (secondary N) is 1. The summed E-state index contributed by atoms with van der Waals surface area (Å²) in [6.45, 7) is 3.96. The maximum absolute atomic E-state index is 9.47. The molecule has 0 spiro atoms. The van der Waals surface area contributed by atoms with Crippen molar-refractivity contribution >= 4 is 29.0 Å². The quantitative estimate of drug-likeness (QED) is 0.866. The van der Waals surface area contributed by atoms with E-state index in [9.17, 15) is 5.26 Å². The fourth-order valence-corrected chi connectivity index (χ4v) is 3.13. The number of nitriles is 1. The van der Waals surface area contributed by atoms with Crippen molar-refractivity contribution in [3.05, 3.63) is 39.4 Å². The first-order valence-electron chi connectivity index (χ1n) is 6.95. The van der Waals surface area contributed by atoms with Gasteiger partial charge in [-0.05, 0) is 43.0 Å². The molecule has 0 saturated carbocycles. The summed E-state index contributed by atoms with van der Waals surface area (Å²) in [7, 11) is 0. The minimum Gasteiger partial charge on any atom is -0.357 e. The highest BCUT2D eigenvalue weighted by Crippen LogP contribution is 2.35. The molecule has 3 rings (SSSR count). The first-order valence-corrected chi connectivity index (χ1v) is 7.70. The molecule has 0 amide bonds. The normalized spacial score (nSPS) is 14.5. The Morgan fingerprint density at radius 1 is 1.19 bits per heavy atom. The highest BCUT2D eigenvalue weighted by Gasteiger charge is 2.22. The second kappa shape index (κ2) is 5.63. The molecule has 1 N–H and O–H groups in total. The van der Waals surface area contributed by atoms with Gasteiger partial charge in [-0.2, -0.15) is 5.26 Å². The predicted octanol–water partition coefficient (Wildman–Crippen LogP) is 4.77. The number of benzene rings is 1. The van der Waals surface area contributed by atoms with Crippen molar-refractivity contribution < 1.29 is 0 Å². The number of aromatic nitrogens is 1. The van der Waals surface area contributed by atoms with Gasteiger partial charge in [-0.15, -0.1) is 0 Å². The van der Waals surface area contributed by atoms with Gasteiger partial charge >= 0.3 is 0 Å². The van der Waals surface area contributed by atoms with Gasteiger partial charge in [0, 0.05) is 13.1 Å². The highest BCUT2D eigenvalue weighted by atomic mass is 35.5. The van der Waals surface area contributed by atoms with Crippen LogP contribution in [0.3, 0.4) is 0 Å². The van der Waals surface area contributed by atoms with Gasteiger partial charge in [-0.25, -0.2) is 0 Å². The van der Waals surface area contributed by atoms with E-state index in [1.165, 1.54) is 12.8 Å². The van der Waals surface area contributed by atoms with E-state index in [1.807, 2.05) is 19.1 Å². The zero-order valence-electron chi connectivity index (χ0n) is 11.7. The lowest BCUT2D eigenvalue weighted by Crippen LogP contribution is -2.18. The van der Waals surface area contributed by atoms with Gasteiger partial charge in [0.1, 0.15) is 11.9 Å². The standard InChI is InChI=1S/C16H15Cl2N3/c1-10-12(9-19)16(21-6-2-3-7-21)20-15(10)11-4-5-13(17)14(18)8-11/h4-5,8,20H,2-3,6-7H2,1H3. The van der Waals surface area contributed by atoms with Crippen molar-refractivity contribution in [1.29, 1.82) is 5.26 Å². The lowest BCUT2D eigenvalue weighted by molar-refractivity contribution is 0.944. The van der Waals surface area contributed by atoms with Crippen molar-refractivity contribution in [3.8, 4) is 17.3 Å². The van der Waals surface area contributed by atoms with E-state index in [4.69, 9.17) is 23.2 Å². The molecule has 0 unspecified atom stereocenters. The van der Waals surface area contributed by atoms with Gasteiger partial charge < -0.3 is 9.88 Å². The van der Waals surface area contributed by atoms with Gasteiger partial charge in [0.15, 0.2) is 0 Å². The summed E-state index contributed by atoms with van der Waals surface area (Å²) in [4.78, 5) is 5.65. The van der Waals surface area contributed by atoms with Crippen LogP contribution in [0.15, 0.2) is 18.2 Å². The number of H-pyrrole nitrogens is 1. The van der Waals surface area contributed by atoms with Crippen molar-refractivity contribution in [2.75, 3.05) is 18.0 Å². The van der Waals surface area contributed by atoms with E-state index in [-0.39, 0.29) is 0 Å². The van der Waals surface area contributed by atoms with Crippen molar-refractivity contribution in [3.63, 3.8) is 0 Å². The molecule has 21 heavy (non-hydrogen) atoms. The Balaban J connectivity index is 2.10. The van der Waals surface area contributed by atoms with E-state index in [0.717, 1.165) is 41.3 Å². The molecule has 1 saturated heterocycles. The molecule has 0 atom stereocenters. The fraction of sp³-hybridized carbons (Fsp3) is 0.312. The molecule has 1 aromatic heterocycles. The van der Waals surface area contributed by atoms with Gasteiger partial charge in [-0.1, -0.05) is 29.3 Å². The Hall–Kier alpha value is -1.63. The molecule has 1 aromatic carbocycles. The summed E-state index contributed by atoms with van der Waals surface area (Å²) in [6, 6.07) is 7.85. The maximum Gasteiger partial charge on any atom is 0.124 e. The molecule has 2 aromatic rings. The first kappa shape index (κ1) is 14.3. The van der Waals surface area contributed by atoms with Crippen LogP contribution in [0, 0.1) is 18.3 Å². The van der Waals surface area contributed by atoms with Gasteiger partial charge in [-0.3, -0.25) is 0 Å². The Morgan fingerprint density at radius 3 is 2.52 bits per heavy atom. The van der Waals surface area contributed by atoms with Crippen LogP contribution < -0.4 is 4.90 Å². The van der Waals surface area contributed by atoms with E-state index >= 15 is 0 Å². The fourth-order valence-electron chi connectivity index (χ4n) is 2.83. The summed E-state index contributed by atoms with van der Waals surface area (Å²) in [6.07, 6.45) is 2.34. The van der Waals surface area contributed by atoms with Gasteiger partial charge in [0.2, 0.25) is 0 Å². The van der Waals surface area contributed by atoms with Gasteiger partial charge in [0.25, 0.3) is 0 Å². The van der Waals surface area contributed by atoms with Crippen LogP contribution in [0.2, 0.25) is 10.0 Å². The average molecular weight is 320 g/mol. The third-order valence-corrected chi connectivity index (χ3v) is 4.71. The molecule has 1 fully saturated rings. The first-order chi connectivity index (χ1) is 10.1. The SMILES string of the molecule is Cc1c(-c2ccc(Cl)c(Cl)c2)[nH]c(N2CCCC2)c1C#N. The number of aromatic amines is 1. The lowest BCUT2D eigenvalue weighted by Gasteiger charge is -2.15. The van der Waals surface area contributed by atoms with Crippen LogP contribution in [0.25, 0.3) is 11.3 Å². The zero-order valence-corrected chi connectivity index (χ0v) is 13.2. The van der Waals surface area contributed by atoms with Crippen LogP contribution in [0.5, 0.6) is 0 Å². The maximum atomic E-state index is 9.47. The molecule has 3 nitrogen and oxygen atoms in total. The molecule has 108 valence electrons. The predicted molar refractivity (Wildman–Crippen MR) is 87.1 cm³/mol. The number of halogens is 2. The summed E-state index contributed by atoms with van der Waals surface area (Å²) in [5.41, 5.74) is 3.56. The molecule has 0 radical (unpaired) electrons. The largest absolute Gasteiger partial charge is 0.357 e. The summed E-state index contributed by atoms with van der Waals surface area (Å²) in [5.74, 6) is 0.925. The third kappa shape index (κ3) is 2.50. The second-order valence-electron chi connectivity index (χ2n) is 5.28. The molecular weight excluding hydrogens is 305 g/mol. The number of nitrogens with zero attached hydrogens (tertiary/aromatic N) is 2. The Morgan fingerprint density at radius 2 is 1.90 bits per heavy atom. The van der Waals surface area contributed by atoms with Crippen molar-refractivity contribution in [2.45, 2.75) is 19.8 Å². The van der Waals surface area contributed by atoms with E-state index < -0.39 is 0 Å². The Kier molecular flexibility index (Phi) is 3.84. The molecule has 2 heterocycles. The lowest BCUT2D eigenvalue weighted by atomic mass is 10.1. The summed E-state index contributed by atoms with van der Waals surface area (Å²) >= 11 is 12.1. The van der Waals surface area contributed by atoms with Crippen molar-refractivity contribution in [2.24, 2.45) is 0 Å².